The summed E-state index contributed by atoms with van der Waals surface area (Å²) in [5, 5.41) is 0.713. The second-order valence-corrected chi connectivity index (χ2v) is 3.59. The Labute approximate surface area is 81.7 Å². The van der Waals surface area contributed by atoms with Crippen LogP contribution < -0.4 is 0 Å². The molecule has 3 nitrogen and oxygen atoms in total. The highest BCUT2D eigenvalue weighted by Gasteiger charge is 2.21. The number of ketones is 1. The Bertz CT molecular complexity index is 357. The SMILES string of the molecule is CCc1nc2n(c1Cl)CCC(=O)C2. The summed E-state index contributed by atoms with van der Waals surface area (Å²) in [7, 11) is 0. The van der Waals surface area contributed by atoms with Crippen molar-refractivity contribution in [3.05, 3.63) is 16.7 Å². The van der Waals surface area contributed by atoms with E-state index in [1.54, 1.807) is 0 Å². The van der Waals surface area contributed by atoms with Crippen molar-refractivity contribution in [2.75, 3.05) is 0 Å². The Morgan fingerprint density at radius 2 is 2.38 bits per heavy atom. The van der Waals surface area contributed by atoms with Gasteiger partial charge in [-0.15, -0.1) is 0 Å². The molecule has 0 aliphatic carbocycles. The maximum atomic E-state index is 11.1. The molecule has 0 N–H and O–H groups in total. The van der Waals surface area contributed by atoms with Crippen LogP contribution in [0.4, 0.5) is 0 Å². The second kappa shape index (κ2) is 3.14. The number of Topliss-reactive ketones (excluding diaryl/α,β-unsaturated/α-hetero) is 1. The molecule has 1 aliphatic rings. The highest BCUT2D eigenvalue weighted by Crippen LogP contribution is 2.22. The highest BCUT2D eigenvalue weighted by atomic mass is 35.5. The molecule has 1 aliphatic heterocycles. The predicted molar refractivity (Wildman–Crippen MR) is 49.9 cm³/mol. The first-order valence-electron chi connectivity index (χ1n) is 4.48. The molecular formula is C9H11ClN2O. The Hall–Kier alpha value is -0.830. The van der Waals surface area contributed by atoms with Crippen molar-refractivity contribution in [1.82, 2.24) is 9.55 Å². The Kier molecular flexibility index (Phi) is 2.12. The van der Waals surface area contributed by atoms with Gasteiger partial charge in [0.25, 0.3) is 0 Å². The number of rotatable bonds is 1. The third-order valence-corrected chi connectivity index (χ3v) is 2.78. The first-order valence-corrected chi connectivity index (χ1v) is 4.85. The van der Waals surface area contributed by atoms with Gasteiger partial charge in [0, 0.05) is 13.0 Å². The zero-order valence-electron chi connectivity index (χ0n) is 7.51. The molecule has 0 aromatic carbocycles. The van der Waals surface area contributed by atoms with Crippen molar-refractivity contribution in [1.29, 1.82) is 0 Å². The molecule has 4 heteroatoms. The number of nitrogens with zero attached hydrogens (tertiary/aromatic N) is 2. The van der Waals surface area contributed by atoms with Crippen LogP contribution >= 0.6 is 11.6 Å². The van der Waals surface area contributed by atoms with Crippen molar-refractivity contribution in [3.63, 3.8) is 0 Å². The fraction of sp³-hybridized carbons (Fsp3) is 0.556. The van der Waals surface area contributed by atoms with Crippen LogP contribution in [0.25, 0.3) is 0 Å². The van der Waals surface area contributed by atoms with E-state index in [1.165, 1.54) is 0 Å². The van der Waals surface area contributed by atoms with Crippen molar-refractivity contribution in [3.8, 4) is 0 Å². The monoisotopic (exact) mass is 198 g/mol. The molecule has 13 heavy (non-hydrogen) atoms. The lowest BCUT2D eigenvalue weighted by Gasteiger charge is -2.12. The van der Waals surface area contributed by atoms with Gasteiger partial charge in [-0.05, 0) is 6.42 Å². The van der Waals surface area contributed by atoms with Crippen molar-refractivity contribution in [2.45, 2.75) is 32.7 Å². The van der Waals surface area contributed by atoms with E-state index in [0.29, 0.717) is 24.5 Å². The second-order valence-electron chi connectivity index (χ2n) is 3.24. The number of carbonyl (C=O) groups excluding carboxylic acids is 1. The number of aromatic nitrogens is 2. The molecule has 2 rings (SSSR count). The third kappa shape index (κ3) is 1.37. The van der Waals surface area contributed by atoms with Crippen molar-refractivity contribution in [2.24, 2.45) is 0 Å². The van der Waals surface area contributed by atoms with E-state index in [1.807, 2.05) is 11.5 Å². The minimum absolute atomic E-state index is 0.261. The summed E-state index contributed by atoms with van der Waals surface area (Å²) in [6, 6.07) is 0. The van der Waals surface area contributed by atoms with Gasteiger partial charge < -0.3 is 4.57 Å². The standard InChI is InChI=1S/C9H11ClN2O/c1-2-7-9(10)12-4-3-6(13)5-8(12)11-7/h2-5H2,1H3. The van der Waals surface area contributed by atoms with Gasteiger partial charge in [-0.2, -0.15) is 0 Å². The first kappa shape index (κ1) is 8.75. The van der Waals surface area contributed by atoms with Crippen LogP contribution in [0.15, 0.2) is 0 Å². The van der Waals surface area contributed by atoms with E-state index in [4.69, 9.17) is 11.6 Å². The maximum absolute atomic E-state index is 11.1. The molecular weight excluding hydrogens is 188 g/mol. The predicted octanol–water partition coefficient (Wildman–Crippen LogP) is 1.61. The van der Waals surface area contributed by atoms with Gasteiger partial charge in [-0.3, -0.25) is 4.79 Å². The summed E-state index contributed by atoms with van der Waals surface area (Å²) >= 11 is 6.08. The van der Waals surface area contributed by atoms with Gasteiger partial charge in [0.15, 0.2) is 0 Å². The normalized spacial score (nSPS) is 16.0. The fourth-order valence-electron chi connectivity index (χ4n) is 1.62. The summed E-state index contributed by atoms with van der Waals surface area (Å²) in [6.07, 6.45) is 1.86. The molecule has 0 saturated heterocycles. The molecule has 2 heterocycles. The van der Waals surface area contributed by atoms with E-state index < -0.39 is 0 Å². The molecule has 0 amide bonds. The van der Waals surface area contributed by atoms with E-state index in [-0.39, 0.29) is 5.78 Å². The molecule has 0 spiro atoms. The lowest BCUT2D eigenvalue weighted by molar-refractivity contribution is -0.119. The van der Waals surface area contributed by atoms with Crippen molar-refractivity contribution >= 4 is 17.4 Å². The average Bonchev–Trinajstić information content (AvgIpc) is 2.42. The number of halogens is 1. The van der Waals surface area contributed by atoms with E-state index in [9.17, 15) is 4.79 Å². The zero-order chi connectivity index (χ0) is 9.42. The molecule has 0 saturated carbocycles. The van der Waals surface area contributed by atoms with Crippen LogP contribution in [0.5, 0.6) is 0 Å². The van der Waals surface area contributed by atoms with Crippen LogP contribution in [0.3, 0.4) is 0 Å². The minimum atomic E-state index is 0.261. The molecule has 1 aromatic rings. The summed E-state index contributed by atoms with van der Waals surface area (Å²) < 4.78 is 1.95. The van der Waals surface area contributed by atoms with Crippen molar-refractivity contribution < 1.29 is 4.79 Å². The summed E-state index contributed by atoms with van der Waals surface area (Å²) in [6.45, 7) is 2.71. The molecule has 0 unspecified atom stereocenters. The van der Waals surface area contributed by atoms with Gasteiger partial charge >= 0.3 is 0 Å². The molecule has 0 fully saturated rings. The molecule has 70 valence electrons. The summed E-state index contributed by atoms with van der Waals surface area (Å²) in [5.41, 5.74) is 0.909. The van der Waals surface area contributed by atoms with Gasteiger partial charge in [-0.1, -0.05) is 18.5 Å². The molecule has 0 radical (unpaired) electrons. The van der Waals surface area contributed by atoms with Gasteiger partial charge in [0.2, 0.25) is 0 Å². The highest BCUT2D eigenvalue weighted by molar-refractivity contribution is 6.30. The van der Waals surface area contributed by atoms with Crippen LogP contribution in [0.2, 0.25) is 5.15 Å². The largest absolute Gasteiger partial charge is 0.318 e. The van der Waals surface area contributed by atoms with Crippen LogP contribution in [-0.2, 0) is 24.2 Å². The Morgan fingerprint density at radius 3 is 3.08 bits per heavy atom. The van der Waals surface area contributed by atoms with Gasteiger partial charge in [-0.25, -0.2) is 4.98 Å². The minimum Gasteiger partial charge on any atom is -0.318 e. The Balaban J connectivity index is 2.45. The van der Waals surface area contributed by atoms with E-state index >= 15 is 0 Å². The van der Waals surface area contributed by atoms with Crippen LogP contribution in [0, 0.1) is 0 Å². The molecule has 0 bridgehead atoms. The zero-order valence-corrected chi connectivity index (χ0v) is 8.26. The average molecular weight is 199 g/mol. The number of carbonyl (C=O) groups is 1. The van der Waals surface area contributed by atoms with Crippen LogP contribution in [0.1, 0.15) is 24.9 Å². The summed E-state index contributed by atoms with van der Waals surface area (Å²) in [5.74, 6) is 1.09. The topological polar surface area (TPSA) is 34.9 Å². The van der Waals surface area contributed by atoms with Gasteiger partial charge in [0.05, 0.1) is 12.1 Å². The fourth-order valence-corrected chi connectivity index (χ4v) is 1.98. The Morgan fingerprint density at radius 1 is 1.62 bits per heavy atom. The quantitative estimate of drug-likeness (QED) is 0.687. The number of aryl methyl sites for hydroxylation is 1. The third-order valence-electron chi connectivity index (χ3n) is 2.36. The lowest BCUT2D eigenvalue weighted by atomic mass is 10.1. The molecule has 0 atom stereocenters. The number of imidazole rings is 1. The lowest BCUT2D eigenvalue weighted by Crippen LogP contribution is -2.18. The van der Waals surface area contributed by atoms with E-state index in [2.05, 4.69) is 4.98 Å². The first-order chi connectivity index (χ1) is 6.22. The number of hydrogen-bond acceptors (Lipinski definition) is 2. The summed E-state index contributed by atoms with van der Waals surface area (Å²) in [4.78, 5) is 15.5. The number of fused-ring (bicyclic) bond motifs is 1. The van der Waals surface area contributed by atoms with E-state index in [0.717, 1.165) is 17.9 Å². The molecule has 1 aromatic heterocycles. The van der Waals surface area contributed by atoms with Crippen LogP contribution in [-0.4, -0.2) is 15.3 Å². The number of hydrogen-bond donors (Lipinski definition) is 0. The smallest absolute Gasteiger partial charge is 0.142 e. The van der Waals surface area contributed by atoms with Gasteiger partial charge in [0.1, 0.15) is 16.8 Å². The maximum Gasteiger partial charge on any atom is 0.142 e.